The summed E-state index contributed by atoms with van der Waals surface area (Å²) >= 11 is 0. The average molecular weight is 191 g/mol. The van der Waals surface area contributed by atoms with E-state index in [4.69, 9.17) is 5.73 Å². The molecule has 1 amide bonds. The minimum atomic E-state index is -0.441. The maximum atomic E-state index is 10.5. The lowest BCUT2D eigenvalue weighted by Crippen LogP contribution is -2.22. The van der Waals surface area contributed by atoms with E-state index >= 15 is 0 Å². The first kappa shape index (κ1) is 8.49. The molecule has 0 aliphatic heterocycles. The minimum Gasteiger partial charge on any atom is -0.368 e. The summed E-state index contributed by atoms with van der Waals surface area (Å²) in [5, 5.41) is 6.79. The number of nitrogens with one attached hydrogen (secondary N) is 1. The smallest absolute Gasteiger partial charge is 0.243 e. The summed E-state index contributed by atoms with van der Waals surface area (Å²) in [5.74, 6) is -0.0427. The number of carbonyl (C=O) groups is 1. The topological polar surface area (TPSA) is 85.3 Å². The van der Waals surface area contributed by atoms with Crippen LogP contribution in [0.2, 0.25) is 0 Å². The second kappa shape index (κ2) is 3.33. The van der Waals surface area contributed by atoms with Crippen LogP contribution in [0.1, 0.15) is 0 Å². The fourth-order valence-electron chi connectivity index (χ4n) is 1.07. The fraction of sp³-hybridized carbons (Fsp3) is 0.125. The highest BCUT2D eigenvalue weighted by Crippen LogP contribution is 2.03. The predicted molar refractivity (Wildman–Crippen MR) is 50.7 cm³/mol. The zero-order valence-electron chi connectivity index (χ0n) is 7.34. The molecular formula is C8H9N5O. The van der Waals surface area contributed by atoms with Gasteiger partial charge >= 0.3 is 0 Å². The second-order valence-electron chi connectivity index (χ2n) is 2.76. The lowest BCUT2D eigenvalue weighted by Gasteiger charge is -1.94. The lowest BCUT2D eigenvalue weighted by molar-refractivity contribution is -0.116. The van der Waals surface area contributed by atoms with Crippen LogP contribution in [0.4, 0.5) is 5.95 Å². The highest BCUT2D eigenvalue weighted by atomic mass is 16.1. The molecule has 14 heavy (non-hydrogen) atoms. The molecule has 0 saturated carbocycles. The number of aromatic nitrogens is 3. The van der Waals surface area contributed by atoms with Gasteiger partial charge in [-0.1, -0.05) is 6.07 Å². The van der Waals surface area contributed by atoms with Crippen LogP contribution in [0, 0.1) is 0 Å². The molecule has 0 fully saturated rings. The molecule has 2 aromatic heterocycles. The molecule has 6 heteroatoms. The number of carbonyl (C=O) groups excluding carboxylic acids is 1. The van der Waals surface area contributed by atoms with Gasteiger partial charge in [0, 0.05) is 6.20 Å². The molecule has 0 saturated heterocycles. The van der Waals surface area contributed by atoms with E-state index in [0.29, 0.717) is 5.95 Å². The summed E-state index contributed by atoms with van der Waals surface area (Å²) < 4.78 is 1.61. The molecule has 0 unspecified atom stereocenters. The average Bonchev–Trinajstić information content (AvgIpc) is 2.57. The van der Waals surface area contributed by atoms with Gasteiger partial charge in [0.15, 0.2) is 5.65 Å². The summed E-state index contributed by atoms with van der Waals surface area (Å²) in [5.41, 5.74) is 5.69. The summed E-state index contributed by atoms with van der Waals surface area (Å²) in [6.07, 6.45) is 1.78. The molecule has 0 bridgehead atoms. The van der Waals surface area contributed by atoms with E-state index in [-0.39, 0.29) is 6.54 Å². The van der Waals surface area contributed by atoms with Crippen LogP contribution in [-0.2, 0) is 4.79 Å². The normalized spacial score (nSPS) is 10.3. The van der Waals surface area contributed by atoms with Gasteiger partial charge in [0.2, 0.25) is 11.9 Å². The van der Waals surface area contributed by atoms with Crippen molar-refractivity contribution >= 4 is 17.5 Å². The number of pyridine rings is 1. The summed E-state index contributed by atoms with van der Waals surface area (Å²) in [6, 6.07) is 5.53. The first-order chi connectivity index (χ1) is 6.75. The van der Waals surface area contributed by atoms with Gasteiger partial charge in [0.1, 0.15) is 0 Å². The van der Waals surface area contributed by atoms with Crippen LogP contribution in [0.5, 0.6) is 0 Å². The Kier molecular flexibility index (Phi) is 2.02. The second-order valence-corrected chi connectivity index (χ2v) is 2.76. The quantitative estimate of drug-likeness (QED) is 0.692. The van der Waals surface area contributed by atoms with Gasteiger partial charge in [0.25, 0.3) is 0 Å². The summed E-state index contributed by atoms with van der Waals surface area (Å²) in [7, 11) is 0. The van der Waals surface area contributed by atoms with Crippen molar-refractivity contribution in [1.82, 2.24) is 14.6 Å². The van der Waals surface area contributed by atoms with E-state index < -0.39 is 5.91 Å². The SMILES string of the molecule is NC(=O)CNc1nc2ccccn2n1. The third-order valence-corrected chi connectivity index (χ3v) is 1.66. The molecule has 0 aromatic carbocycles. The first-order valence-electron chi connectivity index (χ1n) is 4.09. The van der Waals surface area contributed by atoms with Gasteiger partial charge in [-0.05, 0) is 12.1 Å². The Morgan fingerprint density at radius 2 is 2.43 bits per heavy atom. The van der Waals surface area contributed by atoms with Crippen molar-refractivity contribution in [1.29, 1.82) is 0 Å². The molecule has 0 aliphatic carbocycles. The number of primary amides is 1. The zero-order chi connectivity index (χ0) is 9.97. The molecule has 72 valence electrons. The van der Waals surface area contributed by atoms with Crippen molar-refractivity contribution in [3.63, 3.8) is 0 Å². The van der Waals surface area contributed by atoms with Crippen molar-refractivity contribution in [3.8, 4) is 0 Å². The van der Waals surface area contributed by atoms with Gasteiger partial charge in [-0.25, -0.2) is 4.52 Å². The number of amides is 1. The molecule has 6 nitrogen and oxygen atoms in total. The highest BCUT2D eigenvalue weighted by molar-refractivity contribution is 5.78. The molecule has 2 aromatic rings. The van der Waals surface area contributed by atoms with E-state index in [2.05, 4.69) is 15.4 Å². The van der Waals surface area contributed by atoms with E-state index in [0.717, 1.165) is 5.65 Å². The Balaban J connectivity index is 2.22. The molecular weight excluding hydrogens is 182 g/mol. The van der Waals surface area contributed by atoms with Crippen molar-refractivity contribution in [3.05, 3.63) is 24.4 Å². The van der Waals surface area contributed by atoms with Crippen LogP contribution < -0.4 is 11.1 Å². The van der Waals surface area contributed by atoms with Gasteiger partial charge < -0.3 is 11.1 Å². The lowest BCUT2D eigenvalue weighted by atomic mass is 10.5. The molecule has 0 aliphatic rings. The van der Waals surface area contributed by atoms with Gasteiger partial charge in [-0.15, -0.1) is 5.10 Å². The Morgan fingerprint density at radius 1 is 1.57 bits per heavy atom. The molecule has 3 N–H and O–H groups in total. The van der Waals surface area contributed by atoms with Crippen LogP contribution in [0.25, 0.3) is 5.65 Å². The fourth-order valence-corrected chi connectivity index (χ4v) is 1.07. The van der Waals surface area contributed by atoms with E-state index in [1.165, 1.54) is 0 Å². The van der Waals surface area contributed by atoms with Gasteiger partial charge in [-0.3, -0.25) is 4.79 Å². The molecule has 0 spiro atoms. The van der Waals surface area contributed by atoms with Crippen molar-refractivity contribution in [2.45, 2.75) is 0 Å². The number of rotatable bonds is 3. The number of hydrogen-bond donors (Lipinski definition) is 2. The van der Waals surface area contributed by atoms with Gasteiger partial charge in [-0.2, -0.15) is 4.98 Å². The zero-order valence-corrected chi connectivity index (χ0v) is 7.34. The van der Waals surface area contributed by atoms with Crippen molar-refractivity contribution < 1.29 is 4.79 Å². The Morgan fingerprint density at radius 3 is 3.14 bits per heavy atom. The maximum Gasteiger partial charge on any atom is 0.243 e. The van der Waals surface area contributed by atoms with Crippen LogP contribution in [0.15, 0.2) is 24.4 Å². The monoisotopic (exact) mass is 191 g/mol. The first-order valence-corrected chi connectivity index (χ1v) is 4.09. The Hall–Kier alpha value is -2.11. The number of nitrogens with two attached hydrogens (primary N) is 1. The molecule has 2 heterocycles. The molecule has 0 atom stereocenters. The number of nitrogens with zero attached hydrogens (tertiary/aromatic N) is 3. The third kappa shape index (κ3) is 1.63. The van der Waals surface area contributed by atoms with E-state index in [9.17, 15) is 4.79 Å². The standard InChI is InChI=1S/C8H9N5O/c9-6(14)5-10-8-11-7-3-1-2-4-13(7)12-8/h1-4H,5H2,(H2,9,14)(H,10,12). The van der Waals surface area contributed by atoms with Crippen molar-refractivity contribution in [2.24, 2.45) is 5.73 Å². The molecule has 0 radical (unpaired) electrons. The van der Waals surface area contributed by atoms with E-state index in [1.54, 1.807) is 10.7 Å². The third-order valence-electron chi connectivity index (χ3n) is 1.66. The Labute approximate surface area is 79.7 Å². The van der Waals surface area contributed by atoms with Crippen LogP contribution in [-0.4, -0.2) is 27.0 Å². The predicted octanol–water partition coefficient (Wildman–Crippen LogP) is -0.374. The largest absolute Gasteiger partial charge is 0.368 e. The van der Waals surface area contributed by atoms with Crippen LogP contribution in [0.3, 0.4) is 0 Å². The van der Waals surface area contributed by atoms with Crippen LogP contribution >= 0.6 is 0 Å². The number of fused-ring (bicyclic) bond motifs is 1. The van der Waals surface area contributed by atoms with E-state index in [1.807, 2.05) is 18.2 Å². The minimum absolute atomic E-state index is 0.0386. The highest BCUT2D eigenvalue weighted by Gasteiger charge is 2.02. The Bertz CT molecular complexity index is 430. The summed E-state index contributed by atoms with van der Waals surface area (Å²) in [4.78, 5) is 14.6. The summed E-state index contributed by atoms with van der Waals surface area (Å²) in [6.45, 7) is 0.0386. The number of anilines is 1. The maximum absolute atomic E-state index is 10.5. The number of hydrogen-bond acceptors (Lipinski definition) is 4. The van der Waals surface area contributed by atoms with Crippen molar-refractivity contribution in [2.75, 3.05) is 11.9 Å². The van der Waals surface area contributed by atoms with Gasteiger partial charge in [0.05, 0.1) is 6.54 Å². The molecule has 2 rings (SSSR count).